The first-order chi connectivity index (χ1) is 18.5. The first kappa shape index (κ1) is 24.8. The molecular weight excluding hydrogens is 498 g/mol. The summed E-state index contributed by atoms with van der Waals surface area (Å²) in [4.78, 5) is 20.7. The van der Waals surface area contributed by atoms with Crippen LogP contribution < -0.4 is 15.4 Å². The van der Waals surface area contributed by atoms with Crippen LogP contribution in [0.1, 0.15) is 35.4 Å². The lowest BCUT2D eigenvalue weighted by atomic mass is 9.90. The number of piperazine rings is 1. The number of hydrogen-bond donors (Lipinski definition) is 3. The fraction of sp³-hybridized carbons (Fsp3) is 0.310. The molecule has 0 aromatic heterocycles. The lowest BCUT2D eigenvalue weighted by molar-refractivity contribution is -0.115. The minimum atomic E-state index is -3.42. The number of sulfonamides is 1. The van der Waals surface area contributed by atoms with Gasteiger partial charge >= 0.3 is 0 Å². The Morgan fingerprint density at radius 1 is 0.974 bits per heavy atom. The lowest BCUT2D eigenvalue weighted by Crippen LogP contribution is -2.42. The molecule has 3 aromatic rings. The summed E-state index contributed by atoms with van der Waals surface area (Å²) in [7, 11) is -3.42. The van der Waals surface area contributed by atoms with E-state index in [9.17, 15) is 13.2 Å². The van der Waals surface area contributed by atoms with Crippen molar-refractivity contribution >= 4 is 38.7 Å². The van der Waals surface area contributed by atoms with Crippen LogP contribution in [0, 0.1) is 0 Å². The number of benzene rings is 3. The summed E-state index contributed by atoms with van der Waals surface area (Å²) < 4.78 is 27.8. The number of aliphatic imine (C=N–C) groups is 1. The number of hydrogen-bond acceptors (Lipinski definition) is 6. The average molecular weight is 530 g/mol. The quantitative estimate of drug-likeness (QED) is 0.385. The molecule has 1 amide bonds. The highest BCUT2D eigenvalue weighted by Gasteiger charge is 2.38. The Hall–Kier alpha value is -3.53. The van der Waals surface area contributed by atoms with E-state index in [4.69, 9.17) is 4.99 Å². The van der Waals surface area contributed by atoms with Crippen LogP contribution in [-0.2, 0) is 21.4 Å². The van der Waals surface area contributed by atoms with Gasteiger partial charge in [0.2, 0.25) is 15.9 Å². The van der Waals surface area contributed by atoms with E-state index < -0.39 is 15.9 Å². The highest BCUT2D eigenvalue weighted by molar-refractivity contribution is 7.93. The molecule has 1 aliphatic carbocycles. The molecule has 2 aliphatic heterocycles. The maximum Gasteiger partial charge on any atom is 0.238 e. The van der Waals surface area contributed by atoms with Crippen molar-refractivity contribution in [3.8, 4) is 0 Å². The van der Waals surface area contributed by atoms with Gasteiger partial charge in [0.15, 0.2) is 0 Å². The normalized spacial score (nSPS) is 20.2. The van der Waals surface area contributed by atoms with Crippen molar-refractivity contribution < 1.29 is 13.2 Å². The van der Waals surface area contributed by atoms with Gasteiger partial charge in [-0.15, -0.1) is 0 Å². The van der Waals surface area contributed by atoms with E-state index in [-0.39, 0.29) is 11.2 Å². The molecule has 1 saturated heterocycles. The Kier molecular flexibility index (Phi) is 6.73. The molecule has 8 nitrogen and oxygen atoms in total. The minimum Gasteiger partial charge on any atom is -0.325 e. The Morgan fingerprint density at radius 3 is 2.42 bits per heavy atom. The van der Waals surface area contributed by atoms with Crippen LogP contribution in [0.25, 0.3) is 0 Å². The first-order valence-electron chi connectivity index (χ1n) is 13.1. The van der Waals surface area contributed by atoms with Crippen LogP contribution in [0.2, 0.25) is 0 Å². The third kappa shape index (κ3) is 5.36. The van der Waals surface area contributed by atoms with Crippen molar-refractivity contribution in [1.82, 2.24) is 10.2 Å². The summed E-state index contributed by atoms with van der Waals surface area (Å²) in [5, 5.41) is 6.00. The fourth-order valence-electron chi connectivity index (χ4n) is 5.07. The number of carbonyl (C=O) groups is 1. The zero-order valence-corrected chi connectivity index (χ0v) is 21.9. The standard InChI is InChI=1S/C29H31N5O3S/c35-29-27(25-18-23(10-13-26(25)32-29)33-38(36,37)24-11-12-24)28(21-4-2-1-3-5-21)31-22-8-6-20(7-9-22)19-34-16-14-30-15-17-34/h1-10,13,18,24,27,30,33H,11-12,14-17,19H2,(H,32,35). The number of rotatable bonds is 8. The number of nitrogens with one attached hydrogen (secondary N) is 3. The summed E-state index contributed by atoms with van der Waals surface area (Å²) >= 11 is 0. The number of amides is 1. The molecule has 0 spiro atoms. The van der Waals surface area contributed by atoms with Gasteiger partial charge in [0.1, 0.15) is 5.92 Å². The highest BCUT2D eigenvalue weighted by atomic mass is 32.2. The molecule has 3 N–H and O–H groups in total. The van der Waals surface area contributed by atoms with Crippen molar-refractivity contribution in [1.29, 1.82) is 0 Å². The Bertz CT molecular complexity index is 1460. The Morgan fingerprint density at radius 2 is 1.71 bits per heavy atom. The van der Waals surface area contributed by atoms with Crippen LogP contribution in [0.15, 0.2) is 77.8 Å². The molecule has 38 heavy (non-hydrogen) atoms. The van der Waals surface area contributed by atoms with E-state index in [1.807, 2.05) is 42.5 Å². The van der Waals surface area contributed by atoms with Gasteiger partial charge in [0.25, 0.3) is 0 Å². The molecule has 2 fully saturated rings. The number of carbonyl (C=O) groups excluding carboxylic acids is 1. The molecule has 0 bridgehead atoms. The Balaban J connectivity index is 1.33. The van der Waals surface area contributed by atoms with Gasteiger partial charge in [0, 0.05) is 44.1 Å². The van der Waals surface area contributed by atoms with Crippen LogP contribution in [0.5, 0.6) is 0 Å². The van der Waals surface area contributed by atoms with Crippen molar-refractivity contribution in [2.75, 3.05) is 36.2 Å². The van der Waals surface area contributed by atoms with E-state index in [0.717, 1.165) is 44.0 Å². The lowest BCUT2D eigenvalue weighted by Gasteiger charge is -2.27. The SMILES string of the molecule is O=C1Nc2ccc(NS(=O)(=O)C3CC3)cc2C1C(=Nc1ccc(CN2CCNCC2)cc1)c1ccccc1. The maximum atomic E-state index is 13.3. The molecule has 1 saturated carbocycles. The zero-order chi connectivity index (χ0) is 26.1. The average Bonchev–Trinajstić information content (AvgIpc) is 3.74. The molecule has 6 rings (SSSR count). The third-order valence-electron chi connectivity index (χ3n) is 7.25. The van der Waals surface area contributed by atoms with Crippen LogP contribution in [-0.4, -0.2) is 56.4 Å². The zero-order valence-electron chi connectivity index (χ0n) is 21.1. The molecule has 9 heteroatoms. The third-order valence-corrected chi connectivity index (χ3v) is 9.12. The van der Waals surface area contributed by atoms with E-state index >= 15 is 0 Å². The van der Waals surface area contributed by atoms with Crippen molar-refractivity contribution in [2.45, 2.75) is 30.6 Å². The monoisotopic (exact) mass is 529 g/mol. The molecule has 3 aromatic carbocycles. The molecule has 196 valence electrons. The van der Waals surface area contributed by atoms with Crippen molar-refractivity contribution in [3.05, 3.63) is 89.5 Å². The van der Waals surface area contributed by atoms with E-state index in [1.165, 1.54) is 5.56 Å². The van der Waals surface area contributed by atoms with Gasteiger partial charge in [-0.3, -0.25) is 19.4 Å². The second-order valence-corrected chi connectivity index (χ2v) is 12.1. The number of anilines is 2. The van der Waals surface area contributed by atoms with Gasteiger partial charge in [-0.1, -0.05) is 42.5 Å². The van der Waals surface area contributed by atoms with E-state index in [0.29, 0.717) is 35.5 Å². The molecule has 1 unspecified atom stereocenters. The summed E-state index contributed by atoms with van der Waals surface area (Å²) in [5.41, 5.74) is 5.30. The topological polar surface area (TPSA) is 103 Å². The smallest absolute Gasteiger partial charge is 0.238 e. The highest BCUT2D eigenvalue weighted by Crippen LogP contribution is 2.39. The van der Waals surface area contributed by atoms with E-state index in [2.05, 4.69) is 32.4 Å². The fourth-order valence-corrected chi connectivity index (χ4v) is 6.45. The summed E-state index contributed by atoms with van der Waals surface area (Å²) in [5.74, 6) is -0.849. The van der Waals surface area contributed by atoms with E-state index in [1.54, 1.807) is 18.2 Å². The summed E-state index contributed by atoms with van der Waals surface area (Å²) in [6.45, 7) is 4.99. The van der Waals surface area contributed by atoms with Gasteiger partial charge in [0.05, 0.1) is 16.6 Å². The number of fused-ring (bicyclic) bond motifs is 1. The van der Waals surface area contributed by atoms with Crippen LogP contribution in [0.4, 0.5) is 17.1 Å². The van der Waals surface area contributed by atoms with Gasteiger partial charge < -0.3 is 10.6 Å². The maximum absolute atomic E-state index is 13.3. The number of nitrogens with zero attached hydrogens (tertiary/aromatic N) is 2. The van der Waals surface area contributed by atoms with Gasteiger partial charge in [-0.25, -0.2) is 8.42 Å². The van der Waals surface area contributed by atoms with Crippen molar-refractivity contribution in [3.63, 3.8) is 0 Å². The summed E-state index contributed by atoms with van der Waals surface area (Å²) in [6.07, 6.45) is 1.36. The second-order valence-electron chi connectivity index (χ2n) is 10.1. The molecule has 2 heterocycles. The molecule has 3 aliphatic rings. The molecule has 1 atom stereocenters. The first-order valence-corrected chi connectivity index (χ1v) is 14.6. The predicted octanol–water partition coefficient (Wildman–Crippen LogP) is 3.85. The minimum absolute atomic E-state index is 0.180. The predicted molar refractivity (Wildman–Crippen MR) is 151 cm³/mol. The Labute approximate surface area is 223 Å². The van der Waals surface area contributed by atoms with Crippen molar-refractivity contribution in [2.24, 2.45) is 4.99 Å². The largest absolute Gasteiger partial charge is 0.325 e. The second kappa shape index (κ2) is 10.3. The van der Waals surface area contributed by atoms with Gasteiger partial charge in [-0.05, 0) is 59.9 Å². The molecule has 0 radical (unpaired) electrons. The van der Waals surface area contributed by atoms with Crippen LogP contribution in [0.3, 0.4) is 0 Å². The van der Waals surface area contributed by atoms with Crippen LogP contribution >= 0.6 is 0 Å². The molecular formula is C29H31N5O3S. The van der Waals surface area contributed by atoms with Gasteiger partial charge in [-0.2, -0.15) is 0 Å². The summed E-state index contributed by atoms with van der Waals surface area (Å²) in [6, 6.07) is 23.1.